The second kappa shape index (κ2) is 7.45. The van der Waals surface area contributed by atoms with Gasteiger partial charge in [-0.1, -0.05) is 13.3 Å². The van der Waals surface area contributed by atoms with Crippen LogP contribution in [0.3, 0.4) is 0 Å². The van der Waals surface area contributed by atoms with Crippen molar-refractivity contribution in [1.29, 1.82) is 0 Å². The lowest BCUT2D eigenvalue weighted by Gasteiger charge is -2.27. The van der Waals surface area contributed by atoms with Crippen molar-refractivity contribution in [3.63, 3.8) is 0 Å². The first-order chi connectivity index (χ1) is 8.95. The van der Waals surface area contributed by atoms with E-state index in [1.807, 2.05) is 6.92 Å². The summed E-state index contributed by atoms with van der Waals surface area (Å²) in [5, 5.41) is 19.7. The third-order valence-corrected chi connectivity index (χ3v) is 2.97. The van der Waals surface area contributed by atoms with Crippen LogP contribution in [-0.4, -0.2) is 34.2 Å². The molecule has 1 unspecified atom stereocenters. The number of hydrogen-bond donors (Lipinski definition) is 2. The van der Waals surface area contributed by atoms with E-state index in [0.29, 0.717) is 19.3 Å². The first kappa shape index (κ1) is 15.9. The van der Waals surface area contributed by atoms with Gasteiger partial charge in [0.1, 0.15) is 0 Å². The molecule has 1 saturated heterocycles. The van der Waals surface area contributed by atoms with Gasteiger partial charge in [-0.3, -0.25) is 9.59 Å². The lowest BCUT2D eigenvalue weighted by molar-refractivity contribution is -0.328. The van der Waals surface area contributed by atoms with Gasteiger partial charge in [0.15, 0.2) is 0 Å². The molecule has 1 rings (SSSR count). The van der Waals surface area contributed by atoms with E-state index in [4.69, 9.17) is 9.47 Å². The Kier molecular flexibility index (Phi) is 6.24. The fraction of sp³-hybridized carbons (Fsp3) is 0.846. The first-order valence-electron chi connectivity index (χ1n) is 6.79. The zero-order valence-corrected chi connectivity index (χ0v) is 11.3. The molecule has 1 heterocycles. The maximum atomic E-state index is 11.4. The standard InChI is InChI=1S/C13H22O6/c1-2-5-10(14)8-9-13(17)18-11(15)6-3-4-7-12(16)19-13/h10,14,17H,2-9H2,1H3. The Labute approximate surface area is 112 Å². The number of carbonyl (C=O) groups is 2. The van der Waals surface area contributed by atoms with Gasteiger partial charge in [-0.15, -0.1) is 0 Å². The molecule has 110 valence electrons. The maximum Gasteiger partial charge on any atom is 0.373 e. The van der Waals surface area contributed by atoms with Crippen molar-refractivity contribution < 1.29 is 29.3 Å². The largest absolute Gasteiger partial charge is 0.398 e. The maximum absolute atomic E-state index is 11.4. The molecule has 1 aliphatic rings. The molecule has 1 fully saturated rings. The average molecular weight is 274 g/mol. The van der Waals surface area contributed by atoms with Gasteiger partial charge in [0.05, 0.1) is 12.5 Å². The normalized spacial score (nSPS) is 21.6. The highest BCUT2D eigenvalue weighted by atomic mass is 16.8. The second-order valence-electron chi connectivity index (χ2n) is 4.85. The molecule has 0 radical (unpaired) electrons. The summed E-state index contributed by atoms with van der Waals surface area (Å²) in [7, 11) is 0. The van der Waals surface area contributed by atoms with Crippen molar-refractivity contribution in [1.82, 2.24) is 0 Å². The van der Waals surface area contributed by atoms with E-state index in [1.165, 1.54) is 0 Å². The zero-order valence-electron chi connectivity index (χ0n) is 11.3. The van der Waals surface area contributed by atoms with Crippen molar-refractivity contribution >= 4 is 11.9 Å². The number of aliphatic hydroxyl groups is 2. The fourth-order valence-corrected chi connectivity index (χ4v) is 1.95. The Morgan fingerprint density at radius 2 is 1.68 bits per heavy atom. The van der Waals surface area contributed by atoms with Crippen LogP contribution in [0.25, 0.3) is 0 Å². The Morgan fingerprint density at radius 1 is 1.16 bits per heavy atom. The van der Waals surface area contributed by atoms with Gasteiger partial charge in [-0.2, -0.15) is 0 Å². The average Bonchev–Trinajstić information content (AvgIpc) is 2.37. The van der Waals surface area contributed by atoms with Crippen LogP contribution in [0.4, 0.5) is 0 Å². The molecule has 1 atom stereocenters. The van der Waals surface area contributed by atoms with Crippen molar-refractivity contribution in [2.75, 3.05) is 0 Å². The predicted molar refractivity (Wildman–Crippen MR) is 65.8 cm³/mol. The number of cyclic esters (lactones) is 2. The number of aliphatic hydroxyl groups excluding tert-OH is 1. The molecule has 2 N–H and O–H groups in total. The smallest absolute Gasteiger partial charge is 0.373 e. The summed E-state index contributed by atoms with van der Waals surface area (Å²) in [6.45, 7) is 1.93. The van der Waals surface area contributed by atoms with E-state index in [1.54, 1.807) is 0 Å². The molecule has 6 nitrogen and oxygen atoms in total. The molecule has 19 heavy (non-hydrogen) atoms. The van der Waals surface area contributed by atoms with Gasteiger partial charge >= 0.3 is 17.9 Å². The van der Waals surface area contributed by atoms with Crippen LogP contribution >= 0.6 is 0 Å². The van der Waals surface area contributed by atoms with Crippen LogP contribution in [0.15, 0.2) is 0 Å². The monoisotopic (exact) mass is 274 g/mol. The molecular formula is C13H22O6. The van der Waals surface area contributed by atoms with Crippen LogP contribution in [-0.2, 0) is 19.1 Å². The topological polar surface area (TPSA) is 93.1 Å². The molecule has 0 spiro atoms. The quantitative estimate of drug-likeness (QED) is 0.732. The van der Waals surface area contributed by atoms with Crippen molar-refractivity contribution in [3.05, 3.63) is 0 Å². The molecule has 0 aromatic carbocycles. The van der Waals surface area contributed by atoms with Gasteiger partial charge in [-0.05, 0) is 25.7 Å². The second-order valence-corrected chi connectivity index (χ2v) is 4.85. The third kappa shape index (κ3) is 6.02. The summed E-state index contributed by atoms with van der Waals surface area (Å²) < 4.78 is 9.64. The summed E-state index contributed by atoms with van der Waals surface area (Å²) in [5.41, 5.74) is 0. The third-order valence-electron chi connectivity index (χ3n) is 2.97. The molecule has 0 saturated carbocycles. The molecule has 1 aliphatic heterocycles. The van der Waals surface area contributed by atoms with Crippen LogP contribution in [0, 0.1) is 0 Å². The molecule has 0 amide bonds. The lowest BCUT2D eigenvalue weighted by Crippen LogP contribution is -2.40. The Balaban J connectivity index is 2.60. The van der Waals surface area contributed by atoms with Crippen molar-refractivity contribution in [2.24, 2.45) is 0 Å². The Bertz CT molecular complexity index is 294. The van der Waals surface area contributed by atoms with E-state index < -0.39 is 24.0 Å². The minimum atomic E-state index is -2.24. The zero-order chi connectivity index (χ0) is 14.3. The SMILES string of the molecule is CCCC(O)CCC1(O)OC(=O)CCCCC(=O)O1. The highest BCUT2D eigenvalue weighted by molar-refractivity contribution is 5.72. The molecular weight excluding hydrogens is 252 g/mol. The van der Waals surface area contributed by atoms with Crippen LogP contribution < -0.4 is 0 Å². The molecule has 0 aromatic rings. The van der Waals surface area contributed by atoms with Crippen LogP contribution in [0.5, 0.6) is 0 Å². The van der Waals surface area contributed by atoms with Crippen LogP contribution in [0.2, 0.25) is 0 Å². The van der Waals surface area contributed by atoms with Crippen LogP contribution in [0.1, 0.15) is 58.3 Å². The van der Waals surface area contributed by atoms with E-state index in [9.17, 15) is 19.8 Å². The number of esters is 2. The molecule has 0 bridgehead atoms. The van der Waals surface area contributed by atoms with E-state index in [-0.39, 0.29) is 25.7 Å². The first-order valence-corrected chi connectivity index (χ1v) is 6.79. The Morgan fingerprint density at radius 3 is 2.16 bits per heavy atom. The van der Waals surface area contributed by atoms with Gasteiger partial charge in [0.25, 0.3) is 0 Å². The minimum absolute atomic E-state index is 0.119. The summed E-state index contributed by atoms with van der Waals surface area (Å²) in [6, 6.07) is 0. The van der Waals surface area contributed by atoms with Gasteiger partial charge in [-0.25, -0.2) is 0 Å². The predicted octanol–water partition coefficient (Wildman–Crippen LogP) is 1.23. The van der Waals surface area contributed by atoms with Gasteiger partial charge in [0.2, 0.25) is 0 Å². The van der Waals surface area contributed by atoms with E-state index >= 15 is 0 Å². The van der Waals surface area contributed by atoms with E-state index in [0.717, 1.165) is 6.42 Å². The number of ether oxygens (including phenoxy) is 2. The Hall–Kier alpha value is -1.14. The molecule has 6 heteroatoms. The summed E-state index contributed by atoms with van der Waals surface area (Å²) >= 11 is 0. The van der Waals surface area contributed by atoms with Gasteiger partial charge in [0, 0.05) is 12.8 Å². The van der Waals surface area contributed by atoms with E-state index in [2.05, 4.69) is 0 Å². The molecule has 0 aliphatic carbocycles. The molecule has 0 aromatic heterocycles. The summed E-state index contributed by atoms with van der Waals surface area (Å²) in [5.74, 6) is -3.43. The number of rotatable bonds is 5. The summed E-state index contributed by atoms with van der Waals surface area (Å²) in [4.78, 5) is 22.9. The number of hydrogen-bond acceptors (Lipinski definition) is 6. The lowest BCUT2D eigenvalue weighted by atomic mass is 10.1. The van der Waals surface area contributed by atoms with Crippen molar-refractivity contribution in [3.8, 4) is 0 Å². The highest BCUT2D eigenvalue weighted by Crippen LogP contribution is 2.23. The number of carbonyl (C=O) groups excluding carboxylic acids is 2. The van der Waals surface area contributed by atoms with Gasteiger partial charge < -0.3 is 19.7 Å². The fourth-order valence-electron chi connectivity index (χ4n) is 1.95. The highest BCUT2D eigenvalue weighted by Gasteiger charge is 2.37. The minimum Gasteiger partial charge on any atom is -0.398 e. The summed E-state index contributed by atoms with van der Waals surface area (Å²) in [6.07, 6.45) is 2.21. The van der Waals surface area contributed by atoms with Crippen molar-refractivity contribution in [2.45, 2.75) is 70.4 Å².